The molecule has 28 heavy (non-hydrogen) atoms. The molecule has 0 amide bonds. The molecule has 0 atom stereocenters. The molecule has 0 fully saturated rings. The number of fused-ring (bicyclic) bond motifs is 1. The molecule has 11 nitrogen and oxygen atoms in total. The van der Waals surface area contributed by atoms with Gasteiger partial charge >= 0.3 is 5.69 Å². The van der Waals surface area contributed by atoms with Crippen LogP contribution in [0.5, 0.6) is 11.5 Å². The minimum absolute atomic E-state index is 0.00668. The zero-order valence-electron chi connectivity index (χ0n) is 14.7. The quantitative estimate of drug-likeness (QED) is 0.533. The topological polar surface area (TPSA) is 150 Å². The van der Waals surface area contributed by atoms with Gasteiger partial charge < -0.3 is 19.7 Å². The molecule has 0 spiro atoms. The fourth-order valence-corrected chi connectivity index (χ4v) is 2.67. The number of benzene rings is 1. The molecule has 1 aromatic heterocycles. The third kappa shape index (κ3) is 3.99. The zero-order valence-corrected chi connectivity index (χ0v) is 14.7. The molecule has 0 saturated carbocycles. The fraction of sp³-hybridized carbons (Fsp3) is 0.294. The SMILES string of the molecule is N#CCCN(CCC#N)c1ncnc(Nc2ccc3c(c2)OCO3)c1[N+](=O)[O-]. The Hall–Kier alpha value is -4.12. The molecule has 1 aliphatic heterocycles. The van der Waals surface area contributed by atoms with Crippen LogP contribution in [0.2, 0.25) is 0 Å². The molecule has 2 aromatic rings. The number of hydrogen-bond acceptors (Lipinski definition) is 10. The van der Waals surface area contributed by atoms with Crippen molar-refractivity contribution in [3.63, 3.8) is 0 Å². The van der Waals surface area contributed by atoms with Crippen LogP contribution in [0.25, 0.3) is 0 Å². The summed E-state index contributed by atoms with van der Waals surface area (Å²) in [6.45, 7) is 0.530. The Balaban J connectivity index is 1.95. The number of ether oxygens (including phenoxy) is 2. The Kier molecular flexibility index (Phi) is 5.67. The van der Waals surface area contributed by atoms with E-state index >= 15 is 0 Å². The average Bonchev–Trinajstić information content (AvgIpc) is 3.15. The summed E-state index contributed by atoms with van der Waals surface area (Å²) in [6, 6.07) is 9.00. The van der Waals surface area contributed by atoms with Crippen LogP contribution < -0.4 is 19.7 Å². The highest BCUT2D eigenvalue weighted by molar-refractivity contribution is 5.75. The molecule has 1 aliphatic rings. The van der Waals surface area contributed by atoms with E-state index in [4.69, 9.17) is 20.0 Å². The average molecular weight is 381 g/mol. The van der Waals surface area contributed by atoms with Gasteiger partial charge in [-0.05, 0) is 12.1 Å². The third-order valence-electron chi connectivity index (χ3n) is 3.91. The number of nitriles is 2. The van der Waals surface area contributed by atoms with Crippen molar-refractivity contribution in [1.82, 2.24) is 9.97 Å². The number of hydrogen-bond donors (Lipinski definition) is 1. The van der Waals surface area contributed by atoms with Crippen molar-refractivity contribution in [1.29, 1.82) is 10.5 Å². The van der Waals surface area contributed by atoms with Crippen molar-refractivity contribution in [2.24, 2.45) is 0 Å². The predicted octanol–water partition coefficient (Wildman–Crippen LogP) is 2.49. The summed E-state index contributed by atoms with van der Waals surface area (Å²) in [6.07, 6.45) is 1.47. The van der Waals surface area contributed by atoms with Gasteiger partial charge in [-0.1, -0.05) is 0 Å². The van der Waals surface area contributed by atoms with Gasteiger partial charge in [0.1, 0.15) is 6.33 Å². The van der Waals surface area contributed by atoms with Crippen molar-refractivity contribution in [2.45, 2.75) is 12.8 Å². The fourth-order valence-electron chi connectivity index (χ4n) is 2.67. The van der Waals surface area contributed by atoms with Crippen LogP contribution >= 0.6 is 0 Å². The predicted molar refractivity (Wildman–Crippen MR) is 97.2 cm³/mol. The zero-order chi connectivity index (χ0) is 19.9. The van der Waals surface area contributed by atoms with E-state index in [1.54, 1.807) is 18.2 Å². The molecule has 3 rings (SSSR count). The standard InChI is InChI=1S/C17H15N7O4/c18-5-1-7-23(8-2-6-19)17-15(24(25)26)16(20-10-21-17)22-12-3-4-13-14(9-12)28-11-27-13/h3-4,9-10H,1-2,7-8,11H2,(H,20,21,22). The van der Waals surface area contributed by atoms with Gasteiger partial charge in [0.15, 0.2) is 11.5 Å². The minimum Gasteiger partial charge on any atom is -0.454 e. The molecule has 2 heterocycles. The van der Waals surface area contributed by atoms with E-state index in [0.29, 0.717) is 17.2 Å². The van der Waals surface area contributed by atoms with Crippen LogP contribution in [-0.4, -0.2) is 34.8 Å². The highest BCUT2D eigenvalue weighted by Gasteiger charge is 2.27. The molecule has 1 N–H and O–H groups in total. The smallest absolute Gasteiger partial charge is 0.353 e. The first kappa shape index (κ1) is 18.7. The summed E-state index contributed by atoms with van der Waals surface area (Å²) in [5.41, 5.74) is 0.189. The van der Waals surface area contributed by atoms with Gasteiger partial charge in [0.2, 0.25) is 18.4 Å². The number of anilines is 3. The highest BCUT2D eigenvalue weighted by atomic mass is 16.7. The van der Waals surface area contributed by atoms with Crippen LogP contribution in [0.3, 0.4) is 0 Å². The van der Waals surface area contributed by atoms with Crippen LogP contribution in [0.15, 0.2) is 24.5 Å². The first-order chi connectivity index (χ1) is 13.6. The third-order valence-corrected chi connectivity index (χ3v) is 3.91. The lowest BCUT2D eigenvalue weighted by atomic mass is 10.2. The maximum Gasteiger partial charge on any atom is 0.353 e. The largest absolute Gasteiger partial charge is 0.454 e. The van der Waals surface area contributed by atoms with Crippen molar-refractivity contribution in [3.05, 3.63) is 34.6 Å². The molecular formula is C17H15N7O4. The number of aromatic nitrogens is 2. The lowest BCUT2D eigenvalue weighted by molar-refractivity contribution is -0.383. The summed E-state index contributed by atoms with van der Waals surface area (Å²) in [7, 11) is 0. The second kappa shape index (κ2) is 8.51. The molecule has 0 radical (unpaired) electrons. The van der Waals surface area contributed by atoms with Gasteiger partial charge in [-0.2, -0.15) is 10.5 Å². The van der Waals surface area contributed by atoms with Crippen molar-refractivity contribution >= 4 is 23.0 Å². The molecule has 0 unspecified atom stereocenters. The lowest BCUT2D eigenvalue weighted by Crippen LogP contribution is -2.27. The summed E-state index contributed by atoms with van der Waals surface area (Å²) >= 11 is 0. The van der Waals surface area contributed by atoms with Crippen LogP contribution in [0.1, 0.15) is 12.8 Å². The molecule has 1 aromatic carbocycles. The van der Waals surface area contributed by atoms with Gasteiger partial charge in [0.25, 0.3) is 0 Å². The molecule has 142 valence electrons. The Labute approximate surface area is 159 Å². The maximum atomic E-state index is 11.8. The summed E-state index contributed by atoms with van der Waals surface area (Å²) in [4.78, 5) is 20.7. The Morgan fingerprint density at radius 1 is 1.18 bits per heavy atom. The van der Waals surface area contributed by atoms with Gasteiger partial charge in [0.05, 0.1) is 29.9 Å². The van der Waals surface area contributed by atoms with E-state index in [-0.39, 0.29) is 50.0 Å². The minimum atomic E-state index is -0.587. The van der Waals surface area contributed by atoms with Crippen molar-refractivity contribution in [2.75, 3.05) is 30.1 Å². The van der Waals surface area contributed by atoms with E-state index in [0.717, 1.165) is 0 Å². The Morgan fingerprint density at radius 3 is 2.57 bits per heavy atom. The second-order valence-corrected chi connectivity index (χ2v) is 5.65. The van der Waals surface area contributed by atoms with Crippen molar-refractivity contribution in [3.8, 4) is 23.6 Å². The molecule has 11 heteroatoms. The molecule has 0 aliphatic carbocycles. The van der Waals surface area contributed by atoms with Gasteiger partial charge in [-0.25, -0.2) is 9.97 Å². The van der Waals surface area contributed by atoms with Gasteiger partial charge in [-0.15, -0.1) is 0 Å². The summed E-state index contributed by atoms with van der Waals surface area (Å²) in [5.74, 6) is 1.15. The normalized spacial score (nSPS) is 11.4. The number of nitrogens with one attached hydrogen (secondary N) is 1. The monoisotopic (exact) mass is 381 g/mol. The Morgan fingerprint density at radius 2 is 1.89 bits per heavy atom. The first-order valence-electron chi connectivity index (χ1n) is 8.29. The molecule has 0 bridgehead atoms. The highest BCUT2D eigenvalue weighted by Crippen LogP contribution is 2.37. The van der Waals surface area contributed by atoms with Crippen LogP contribution in [-0.2, 0) is 0 Å². The van der Waals surface area contributed by atoms with E-state index in [1.807, 2.05) is 12.1 Å². The van der Waals surface area contributed by atoms with Crippen molar-refractivity contribution < 1.29 is 14.4 Å². The lowest BCUT2D eigenvalue weighted by Gasteiger charge is -2.21. The number of rotatable bonds is 8. The van der Waals surface area contributed by atoms with Gasteiger partial charge in [0, 0.05) is 24.8 Å². The summed E-state index contributed by atoms with van der Waals surface area (Å²) in [5, 5.41) is 32.4. The van der Waals surface area contributed by atoms with E-state index < -0.39 is 4.92 Å². The summed E-state index contributed by atoms with van der Waals surface area (Å²) < 4.78 is 10.6. The maximum absolute atomic E-state index is 11.8. The van der Waals surface area contributed by atoms with E-state index in [9.17, 15) is 10.1 Å². The number of nitrogens with zero attached hydrogens (tertiary/aromatic N) is 6. The van der Waals surface area contributed by atoms with E-state index in [1.165, 1.54) is 11.2 Å². The van der Waals surface area contributed by atoms with Crippen LogP contribution in [0.4, 0.5) is 23.0 Å². The first-order valence-corrected chi connectivity index (χ1v) is 8.29. The number of nitro groups is 1. The second-order valence-electron chi connectivity index (χ2n) is 5.65. The Bertz CT molecular complexity index is 949. The molecular weight excluding hydrogens is 366 g/mol. The van der Waals surface area contributed by atoms with Crippen LogP contribution in [0, 0.1) is 32.8 Å². The van der Waals surface area contributed by atoms with Gasteiger partial charge in [-0.3, -0.25) is 10.1 Å². The van der Waals surface area contributed by atoms with E-state index in [2.05, 4.69) is 15.3 Å². The molecule has 0 saturated heterocycles.